The molecule has 0 aliphatic heterocycles. The van der Waals surface area contributed by atoms with Crippen LogP contribution in [0, 0.1) is 10.8 Å². The lowest BCUT2D eigenvalue weighted by atomic mass is 9.69. The van der Waals surface area contributed by atoms with E-state index in [1.54, 1.807) is 0 Å². The van der Waals surface area contributed by atoms with Gasteiger partial charge in [0, 0.05) is 5.41 Å². The van der Waals surface area contributed by atoms with Crippen molar-refractivity contribution in [2.75, 3.05) is 0 Å². The van der Waals surface area contributed by atoms with E-state index in [1.165, 1.54) is 22.3 Å². The predicted octanol–water partition coefficient (Wildman–Crippen LogP) is 9.52. The van der Waals surface area contributed by atoms with Crippen molar-refractivity contribution < 1.29 is 15.3 Å². The molecule has 2 aliphatic carbocycles. The Morgan fingerprint density at radius 1 is 0.605 bits per heavy atom. The highest BCUT2D eigenvalue weighted by Gasteiger charge is 2.40. The minimum atomic E-state index is -0.761. The maximum absolute atomic E-state index is 10.4. The molecule has 0 aromatic carbocycles. The van der Waals surface area contributed by atoms with Gasteiger partial charge in [-0.2, -0.15) is 0 Å². The van der Waals surface area contributed by atoms with E-state index < -0.39 is 17.6 Å². The van der Waals surface area contributed by atoms with E-state index in [0.29, 0.717) is 6.42 Å². The molecule has 0 fully saturated rings. The molecule has 3 nitrogen and oxygen atoms in total. The lowest BCUT2D eigenvalue weighted by Gasteiger charge is -2.40. The van der Waals surface area contributed by atoms with Gasteiger partial charge in [-0.25, -0.2) is 0 Å². The Labute approximate surface area is 262 Å². The summed E-state index contributed by atoms with van der Waals surface area (Å²) in [5.41, 5.74) is 8.99. The van der Waals surface area contributed by atoms with Crippen LogP contribution in [0.3, 0.4) is 0 Å². The SMILES string of the molecule is CC(C=CC=C(C)C=CC1=C(C)C[C@@H](O)CC1(C)C)=CC=CC=C(C)C=CC=C(C)C=CC1=C(C)C[C@@H](O)[C@H](O)C1(C)C. The van der Waals surface area contributed by atoms with Crippen molar-refractivity contribution in [1.29, 1.82) is 0 Å². The van der Waals surface area contributed by atoms with E-state index in [4.69, 9.17) is 0 Å². The van der Waals surface area contributed by atoms with E-state index in [2.05, 4.69) is 134 Å². The summed E-state index contributed by atoms with van der Waals surface area (Å²) < 4.78 is 0. The molecule has 3 heteroatoms. The molecule has 2 aliphatic rings. The zero-order valence-corrected chi connectivity index (χ0v) is 28.3. The van der Waals surface area contributed by atoms with Crippen LogP contribution in [-0.2, 0) is 0 Å². The third kappa shape index (κ3) is 11.2. The molecular weight excluding hydrogens is 528 g/mol. The third-order valence-electron chi connectivity index (χ3n) is 8.54. The summed E-state index contributed by atoms with van der Waals surface area (Å²) in [6.07, 6.45) is 29.8. The Balaban J connectivity index is 1.92. The lowest BCUT2D eigenvalue weighted by Crippen LogP contribution is -2.44. The van der Waals surface area contributed by atoms with Gasteiger partial charge in [-0.3, -0.25) is 0 Å². The Bertz CT molecular complexity index is 1330. The van der Waals surface area contributed by atoms with E-state index in [9.17, 15) is 15.3 Å². The van der Waals surface area contributed by atoms with Crippen LogP contribution >= 0.6 is 0 Å². The Morgan fingerprint density at radius 2 is 1.02 bits per heavy atom. The first-order valence-corrected chi connectivity index (χ1v) is 15.6. The minimum Gasteiger partial charge on any atom is -0.393 e. The molecule has 43 heavy (non-hydrogen) atoms. The molecule has 0 unspecified atom stereocenters. The molecule has 0 bridgehead atoms. The third-order valence-corrected chi connectivity index (χ3v) is 8.54. The van der Waals surface area contributed by atoms with Crippen LogP contribution < -0.4 is 0 Å². The van der Waals surface area contributed by atoms with Crippen LogP contribution in [0.15, 0.2) is 130 Å². The predicted molar refractivity (Wildman–Crippen MR) is 186 cm³/mol. The molecule has 3 N–H and O–H groups in total. The van der Waals surface area contributed by atoms with Gasteiger partial charge in [0.1, 0.15) is 0 Å². The second-order valence-corrected chi connectivity index (χ2v) is 13.7. The monoisotopic (exact) mass is 584 g/mol. The molecule has 0 radical (unpaired) electrons. The van der Waals surface area contributed by atoms with Crippen LogP contribution in [0.4, 0.5) is 0 Å². The fourth-order valence-corrected chi connectivity index (χ4v) is 6.03. The van der Waals surface area contributed by atoms with Gasteiger partial charge >= 0.3 is 0 Å². The first-order valence-electron chi connectivity index (χ1n) is 15.6. The van der Waals surface area contributed by atoms with Gasteiger partial charge in [-0.1, -0.05) is 146 Å². The largest absolute Gasteiger partial charge is 0.393 e. The molecule has 2 rings (SSSR count). The normalized spacial score (nSPS) is 26.5. The number of hydrogen-bond donors (Lipinski definition) is 3. The maximum atomic E-state index is 10.4. The fourth-order valence-electron chi connectivity index (χ4n) is 6.03. The smallest absolute Gasteiger partial charge is 0.0893 e. The van der Waals surface area contributed by atoms with Crippen LogP contribution in [0.25, 0.3) is 0 Å². The Kier molecular flexibility index (Phi) is 13.6. The summed E-state index contributed by atoms with van der Waals surface area (Å²) in [4.78, 5) is 0. The average Bonchev–Trinajstić information content (AvgIpc) is 2.88. The van der Waals surface area contributed by atoms with Crippen LogP contribution in [0.5, 0.6) is 0 Å². The van der Waals surface area contributed by atoms with Crippen molar-refractivity contribution in [3.8, 4) is 0 Å². The summed E-state index contributed by atoms with van der Waals surface area (Å²) in [5.74, 6) is 0. The summed E-state index contributed by atoms with van der Waals surface area (Å²) in [7, 11) is 0. The van der Waals surface area contributed by atoms with E-state index in [1.807, 2.05) is 20.8 Å². The quantitative estimate of drug-likeness (QED) is 0.224. The van der Waals surface area contributed by atoms with Crippen molar-refractivity contribution in [3.63, 3.8) is 0 Å². The molecule has 0 saturated carbocycles. The van der Waals surface area contributed by atoms with Gasteiger partial charge < -0.3 is 15.3 Å². The van der Waals surface area contributed by atoms with Gasteiger partial charge in [0.2, 0.25) is 0 Å². The highest BCUT2D eigenvalue weighted by atomic mass is 16.3. The van der Waals surface area contributed by atoms with Crippen molar-refractivity contribution in [3.05, 3.63) is 130 Å². The van der Waals surface area contributed by atoms with Gasteiger partial charge in [0.25, 0.3) is 0 Å². The van der Waals surface area contributed by atoms with Crippen LogP contribution in [-0.4, -0.2) is 33.6 Å². The Hall–Kier alpha value is -2.98. The zero-order chi connectivity index (χ0) is 32.4. The molecule has 0 saturated heterocycles. The zero-order valence-electron chi connectivity index (χ0n) is 28.3. The molecule has 3 atom stereocenters. The number of aliphatic hydroxyl groups excluding tert-OH is 3. The number of aliphatic hydroxyl groups is 3. The molecule has 0 aromatic rings. The number of hydrogen-bond acceptors (Lipinski definition) is 3. The van der Waals surface area contributed by atoms with E-state index in [-0.39, 0.29) is 11.5 Å². The minimum absolute atomic E-state index is 0.00247. The topological polar surface area (TPSA) is 60.7 Å². The maximum Gasteiger partial charge on any atom is 0.0893 e. The molecule has 0 aromatic heterocycles. The van der Waals surface area contributed by atoms with Crippen molar-refractivity contribution in [1.82, 2.24) is 0 Å². The first-order chi connectivity index (χ1) is 20.0. The molecule has 0 spiro atoms. The molecule has 234 valence electrons. The van der Waals surface area contributed by atoms with Gasteiger partial charge in [0.05, 0.1) is 18.3 Å². The highest BCUT2D eigenvalue weighted by Crippen LogP contribution is 2.42. The van der Waals surface area contributed by atoms with Crippen molar-refractivity contribution in [2.45, 2.75) is 107 Å². The van der Waals surface area contributed by atoms with E-state index >= 15 is 0 Å². The van der Waals surface area contributed by atoms with Crippen molar-refractivity contribution >= 4 is 0 Å². The lowest BCUT2D eigenvalue weighted by molar-refractivity contribution is -0.0439. The standard InChI is InChI=1S/C40H56O3/c1-28(17-13-19-30(3)21-23-35-32(5)25-34(41)27-39(35,7)8)15-11-12-16-29(2)18-14-20-31(4)22-24-36-33(6)26-37(42)38(43)40(36,9)10/h11-24,34,37-38,41-43H,25-27H2,1-10H3/t34-,37-,38+/m1/s1. The van der Waals surface area contributed by atoms with Crippen molar-refractivity contribution in [2.24, 2.45) is 10.8 Å². The summed E-state index contributed by atoms with van der Waals surface area (Å²) >= 11 is 0. The number of allylic oxidation sites excluding steroid dienone is 19. The second kappa shape index (κ2) is 16.2. The molecule has 0 amide bonds. The Morgan fingerprint density at radius 3 is 1.51 bits per heavy atom. The second-order valence-electron chi connectivity index (χ2n) is 13.7. The number of rotatable bonds is 10. The average molecular weight is 585 g/mol. The summed E-state index contributed by atoms with van der Waals surface area (Å²) in [6, 6.07) is 0. The fraction of sp³-hybridized carbons (Fsp3) is 0.450. The molecule has 0 heterocycles. The summed E-state index contributed by atoms with van der Waals surface area (Å²) in [5, 5.41) is 30.7. The van der Waals surface area contributed by atoms with Gasteiger partial charge in [-0.15, -0.1) is 0 Å². The first kappa shape index (κ1) is 36.2. The van der Waals surface area contributed by atoms with Crippen LogP contribution in [0.1, 0.15) is 88.5 Å². The summed E-state index contributed by atoms with van der Waals surface area (Å²) in [6.45, 7) is 20.9. The van der Waals surface area contributed by atoms with Gasteiger partial charge in [0.15, 0.2) is 0 Å². The van der Waals surface area contributed by atoms with Gasteiger partial charge in [-0.05, 0) is 77.4 Å². The van der Waals surface area contributed by atoms with E-state index in [0.717, 1.165) is 35.1 Å². The van der Waals surface area contributed by atoms with Crippen LogP contribution in [0.2, 0.25) is 0 Å². The highest BCUT2D eigenvalue weighted by molar-refractivity contribution is 5.40. The molecular formula is C40H56O3.